The molecule has 3 aromatic carbocycles. The van der Waals surface area contributed by atoms with E-state index in [4.69, 9.17) is 16.3 Å². The first-order valence-electron chi connectivity index (χ1n) is 8.76. The van der Waals surface area contributed by atoms with Gasteiger partial charge in [0.15, 0.2) is 16.4 Å². The Morgan fingerprint density at radius 2 is 1.62 bits per heavy atom. The lowest BCUT2D eigenvalue weighted by Gasteiger charge is -2.08. The van der Waals surface area contributed by atoms with Crippen molar-refractivity contribution >= 4 is 49.8 Å². The first-order chi connectivity index (χ1) is 13.8. The largest absolute Gasteiger partial charge is 0.456 e. The molecule has 0 bridgehead atoms. The van der Waals surface area contributed by atoms with E-state index >= 15 is 0 Å². The summed E-state index contributed by atoms with van der Waals surface area (Å²) in [6.07, 6.45) is -0.344. The predicted molar refractivity (Wildman–Crippen MR) is 112 cm³/mol. The molecule has 3 rings (SSSR count). The number of sulfone groups is 1. The van der Waals surface area contributed by atoms with Crippen LogP contribution in [0.4, 0.5) is 5.69 Å². The highest BCUT2D eigenvalue weighted by molar-refractivity contribution is 7.91. The number of hydrogen-bond donors (Lipinski definition) is 1. The highest BCUT2D eigenvalue weighted by Gasteiger charge is 2.18. The molecule has 1 N–H and O–H groups in total. The molecule has 0 atom stereocenters. The van der Waals surface area contributed by atoms with Gasteiger partial charge in [-0.2, -0.15) is 0 Å². The zero-order valence-corrected chi connectivity index (χ0v) is 16.9. The van der Waals surface area contributed by atoms with Crippen LogP contribution in [0.1, 0.15) is 6.42 Å². The molecule has 1 amide bonds. The molecule has 0 aromatic heterocycles. The quantitative estimate of drug-likeness (QED) is 0.574. The summed E-state index contributed by atoms with van der Waals surface area (Å²) in [4.78, 5) is 23.8. The maximum absolute atomic E-state index is 12.5. The molecule has 0 aliphatic carbocycles. The van der Waals surface area contributed by atoms with Crippen molar-refractivity contribution in [1.82, 2.24) is 0 Å². The van der Waals surface area contributed by atoms with E-state index in [1.54, 1.807) is 36.4 Å². The molecule has 29 heavy (non-hydrogen) atoms. The van der Waals surface area contributed by atoms with E-state index in [9.17, 15) is 18.0 Å². The van der Waals surface area contributed by atoms with Crippen molar-refractivity contribution in [2.75, 3.05) is 17.7 Å². The van der Waals surface area contributed by atoms with E-state index < -0.39 is 34.1 Å². The Hall–Kier alpha value is -2.90. The zero-order chi connectivity index (χ0) is 20.9. The van der Waals surface area contributed by atoms with Gasteiger partial charge >= 0.3 is 5.97 Å². The van der Waals surface area contributed by atoms with E-state index in [-0.39, 0.29) is 11.3 Å². The third-order valence-corrected chi connectivity index (χ3v) is 6.11. The SMILES string of the molecule is O=C(COC(=O)CCS(=O)(=O)c1ccc2ccccc2c1)Nc1ccc(Cl)cc1. The number of fused-ring (bicyclic) bond motifs is 1. The first kappa shape index (κ1) is 20.8. The molecule has 6 nitrogen and oxygen atoms in total. The number of anilines is 1. The summed E-state index contributed by atoms with van der Waals surface area (Å²) in [5.74, 6) is -1.69. The van der Waals surface area contributed by atoms with Gasteiger partial charge in [0.25, 0.3) is 5.91 Å². The lowest BCUT2D eigenvalue weighted by atomic mass is 10.1. The molecule has 0 unspecified atom stereocenters. The van der Waals surface area contributed by atoms with Crippen molar-refractivity contribution in [2.45, 2.75) is 11.3 Å². The molecule has 0 spiro atoms. The van der Waals surface area contributed by atoms with Crippen LogP contribution in [-0.2, 0) is 24.2 Å². The molecule has 0 radical (unpaired) electrons. The summed E-state index contributed by atoms with van der Waals surface area (Å²) in [6.45, 7) is -0.502. The number of nitrogens with one attached hydrogen (secondary N) is 1. The van der Waals surface area contributed by atoms with Crippen LogP contribution >= 0.6 is 11.6 Å². The van der Waals surface area contributed by atoms with Crippen LogP contribution in [-0.4, -0.2) is 32.7 Å². The number of esters is 1. The van der Waals surface area contributed by atoms with Gasteiger partial charge in [0.2, 0.25) is 0 Å². The van der Waals surface area contributed by atoms with E-state index in [0.717, 1.165) is 10.8 Å². The standard InChI is InChI=1S/C21H18ClNO5S/c22-17-6-8-18(9-7-17)23-20(24)14-28-21(25)11-12-29(26,27)19-10-5-15-3-1-2-4-16(15)13-19/h1-10,13H,11-12,14H2,(H,23,24). The smallest absolute Gasteiger partial charge is 0.307 e. The fourth-order valence-electron chi connectivity index (χ4n) is 2.64. The third kappa shape index (κ3) is 5.79. The number of carbonyl (C=O) groups excluding carboxylic acids is 2. The second-order valence-corrected chi connectivity index (χ2v) is 8.84. The summed E-state index contributed by atoms with van der Waals surface area (Å²) in [6, 6.07) is 18.7. The lowest BCUT2D eigenvalue weighted by Crippen LogP contribution is -2.22. The van der Waals surface area contributed by atoms with Gasteiger partial charge in [0, 0.05) is 10.7 Å². The maximum atomic E-state index is 12.5. The first-order valence-corrected chi connectivity index (χ1v) is 10.8. The predicted octanol–water partition coefficient (Wildman–Crippen LogP) is 3.84. The summed E-state index contributed by atoms with van der Waals surface area (Å²) >= 11 is 5.76. The number of hydrogen-bond acceptors (Lipinski definition) is 5. The number of amides is 1. The maximum Gasteiger partial charge on any atom is 0.307 e. The van der Waals surface area contributed by atoms with Crippen LogP contribution < -0.4 is 5.32 Å². The van der Waals surface area contributed by atoms with Crippen LogP contribution in [0.3, 0.4) is 0 Å². The van der Waals surface area contributed by atoms with Crippen molar-refractivity contribution in [3.8, 4) is 0 Å². The van der Waals surface area contributed by atoms with E-state index in [0.29, 0.717) is 10.7 Å². The third-order valence-electron chi connectivity index (χ3n) is 4.15. The summed E-state index contributed by atoms with van der Waals surface area (Å²) in [7, 11) is -3.65. The average molecular weight is 432 g/mol. The van der Waals surface area contributed by atoms with Crippen molar-refractivity contribution in [2.24, 2.45) is 0 Å². The van der Waals surface area contributed by atoms with Crippen LogP contribution in [0.2, 0.25) is 5.02 Å². The molecule has 0 heterocycles. The minimum Gasteiger partial charge on any atom is -0.456 e. The van der Waals surface area contributed by atoms with Gasteiger partial charge in [0.1, 0.15) is 0 Å². The Balaban J connectivity index is 1.51. The van der Waals surface area contributed by atoms with Crippen molar-refractivity contribution < 1.29 is 22.7 Å². The van der Waals surface area contributed by atoms with Crippen molar-refractivity contribution in [3.63, 3.8) is 0 Å². The number of halogens is 1. The fraction of sp³-hybridized carbons (Fsp3) is 0.143. The molecule has 0 saturated heterocycles. The molecule has 8 heteroatoms. The Morgan fingerprint density at radius 3 is 2.34 bits per heavy atom. The van der Waals surface area contributed by atoms with E-state index in [1.165, 1.54) is 6.07 Å². The van der Waals surface area contributed by atoms with Crippen molar-refractivity contribution in [3.05, 3.63) is 71.8 Å². The zero-order valence-electron chi connectivity index (χ0n) is 15.3. The number of ether oxygens (including phenoxy) is 1. The second-order valence-electron chi connectivity index (χ2n) is 6.29. The monoisotopic (exact) mass is 431 g/mol. The van der Waals surface area contributed by atoms with Gasteiger partial charge in [-0.3, -0.25) is 9.59 Å². The normalized spacial score (nSPS) is 11.2. The lowest BCUT2D eigenvalue weighted by molar-refractivity contribution is -0.146. The fourth-order valence-corrected chi connectivity index (χ4v) is 4.02. The molecular formula is C21H18ClNO5S. The van der Waals surface area contributed by atoms with Crippen molar-refractivity contribution in [1.29, 1.82) is 0 Å². The Bertz CT molecular complexity index is 1140. The van der Waals surface area contributed by atoms with Gasteiger partial charge in [-0.25, -0.2) is 8.42 Å². The number of carbonyl (C=O) groups is 2. The Labute approximate surface area is 173 Å². The summed E-state index contributed by atoms with van der Waals surface area (Å²) < 4.78 is 29.8. The highest BCUT2D eigenvalue weighted by atomic mass is 35.5. The molecule has 0 aliphatic heterocycles. The van der Waals surface area contributed by atoms with Gasteiger partial charge in [-0.05, 0) is 47.2 Å². The second kappa shape index (κ2) is 9.07. The van der Waals surface area contributed by atoms with Crippen LogP contribution in [0.15, 0.2) is 71.6 Å². The van der Waals surface area contributed by atoms with Gasteiger partial charge < -0.3 is 10.1 Å². The minimum absolute atomic E-state index is 0.143. The number of benzene rings is 3. The van der Waals surface area contributed by atoms with Crippen LogP contribution in [0.25, 0.3) is 10.8 Å². The average Bonchev–Trinajstić information content (AvgIpc) is 2.72. The molecule has 150 valence electrons. The Kier molecular flexibility index (Phi) is 6.51. The van der Waals surface area contributed by atoms with E-state index in [1.807, 2.05) is 24.3 Å². The van der Waals surface area contributed by atoms with Gasteiger partial charge in [0.05, 0.1) is 17.1 Å². The molecule has 3 aromatic rings. The molecule has 0 fully saturated rings. The highest BCUT2D eigenvalue weighted by Crippen LogP contribution is 2.20. The topological polar surface area (TPSA) is 89.5 Å². The van der Waals surface area contributed by atoms with Crippen LogP contribution in [0.5, 0.6) is 0 Å². The summed E-state index contributed by atoms with van der Waals surface area (Å²) in [5, 5.41) is 4.81. The van der Waals surface area contributed by atoms with Gasteiger partial charge in [-0.15, -0.1) is 0 Å². The molecular weight excluding hydrogens is 414 g/mol. The number of rotatable bonds is 7. The molecule has 0 aliphatic rings. The van der Waals surface area contributed by atoms with Gasteiger partial charge in [-0.1, -0.05) is 41.9 Å². The minimum atomic E-state index is -3.65. The van der Waals surface area contributed by atoms with E-state index in [2.05, 4.69) is 5.32 Å². The summed E-state index contributed by atoms with van der Waals surface area (Å²) in [5.41, 5.74) is 0.509. The van der Waals surface area contributed by atoms with Crippen LogP contribution in [0, 0.1) is 0 Å². The molecule has 0 saturated carbocycles. The Morgan fingerprint density at radius 1 is 0.931 bits per heavy atom.